The Labute approximate surface area is 143 Å². The van der Waals surface area contributed by atoms with Crippen molar-refractivity contribution in [1.29, 1.82) is 0 Å². The van der Waals surface area contributed by atoms with Gasteiger partial charge >= 0.3 is 0 Å². The van der Waals surface area contributed by atoms with Gasteiger partial charge in [-0.1, -0.05) is 54.8 Å². The number of ether oxygens (including phenoxy) is 1. The average molecular weight is 318 g/mol. The summed E-state index contributed by atoms with van der Waals surface area (Å²) in [5.41, 5.74) is 2.86. The van der Waals surface area contributed by atoms with Crippen LogP contribution in [0.5, 0.6) is 0 Å². The zero-order valence-corrected chi connectivity index (χ0v) is 15.2. The van der Waals surface area contributed by atoms with Gasteiger partial charge in [0.25, 0.3) is 0 Å². The van der Waals surface area contributed by atoms with Crippen molar-refractivity contribution in [3.8, 4) is 0 Å². The topological polar surface area (TPSA) is 21.3 Å². The fourth-order valence-corrected chi connectivity index (χ4v) is 2.48. The van der Waals surface area contributed by atoms with E-state index in [1.54, 1.807) is 0 Å². The molecule has 1 rings (SSSR count). The van der Waals surface area contributed by atoms with E-state index in [-0.39, 0.29) is 0 Å². The summed E-state index contributed by atoms with van der Waals surface area (Å²) >= 11 is 0. The van der Waals surface area contributed by atoms with Crippen LogP contribution in [0.1, 0.15) is 57.9 Å². The highest BCUT2D eigenvalue weighted by Gasteiger charge is 1.94. The second kappa shape index (κ2) is 14.5. The number of rotatable bonds is 14. The molecule has 0 bridgehead atoms. The highest BCUT2D eigenvalue weighted by atomic mass is 16.5. The summed E-state index contributed by atoms with van der Waals surface area (Å²) in [5, 5.41) is 3.48. The Morgan fingerprint density at radius 3 is 2.39 bits per heavy atom. The predicted octanol–water partition coefficient (Wildman–Crippen LogP) is 5.14. The minimum absolute atomic E-state index is 0.914. The van der Waals surface area contributed by atoms with Crippen LogP contribution in [-0.4, -0.2) is 26.3 Å². The van der Waals surface area contributed by atoms with E-state index >= 15 is 0 Å². The molecule has 0 amide bonds. The number of hydrogen-bond acceptors (Lipinski definition) is 2. The first-order valence-corrected chi connectivity index (χ1v) is 9.27. The van der Waals surface area contributed by atoms with E-state index in [4.69, 9.17) is 4.74 Å². The fraction of sp³-hybridized carbons (Fsp3) is 0.619. The largest absolute Gasteiger partial charge is 0.381 e. The molecule has 0 saturated carbocycles. The van der Waals surface area contributed by atoms with E-state index in [9.17, 15) is 0 Å². The number of nitrogens with one attached hydrogen (secondary N) is 1. The number of benzene rings is 1. The molecule has 0 aliphatic rings. The summed E-state index contributed by atoms with van der Waals surface area (Å²) in [7, 11) is 0. The van der Waals surface area contributed by atoms with Crippen molar-refractivity contribution in [3.63, 3.8) is 0 Å². The third-order valence-corrected chi connectivity index (χ3v) is 4.14. The Morgan fingerprint density at radius 1 is 0.957 bits per heavy atom. The molecule has 1 N–H and O–H groups in total. The van der Waals surface area contributed by atoms with Crippen molar-refractivity contribution in [1.82, 2.24) is 5.32 Å². The fourth-order valence-electron chi connectivity index (χ4n) is 2.48. The van der Waals surface area contributed by atoms with Crippen LogP contribution in [0.3, 0.4) is 0 Å². The predicted molar refractivity (Wildman–Crippen MR) is 101 cm³/mol. The molecule has 130 valence electrons. The molecule has 0 heterocycles. The maximum Gasteiger partial charge on any atom is 0.0466 e. The highest BCUT2D eigenvalue weighted by molar-refractivity contribution is 5.14. The van der Waals surface area contributed by atoms with Crippen molar-refractivity contribution in [2.24, 2.45) is 0 Å². The Morgan fingerprint density at radius 2 is 1.65 bits per heavy atom. The molecular weight excluding hydrogens is 282 g/mol. The van der Waals surface area contributed by atoms with Gasteiger partial charge in [0.15, 0.2) is 0 Å². The number of allylic oxidation sites excluding steroid dienone is 1. The molecule has 1 aromatic carbocycles. The summed E-state index contributed by atoms with van der Waals surface area (Å²) in [5.74, 6) is 0. The first-order chi connectivity index (χ1) is 11.3. The van der Waals surface area contributed by atoms with Gasteiger partial charge in [0.2, 0.25) is 0 Å². The Balaban J connectivity index is 1.76. The normalized spacial score (nSPS) is 11.8. The number of aryl methyl sites for hydroxylation is 1. The van der Waals surface area contributed by atoms with E-state index in [2.05, 4.69) is 55.6 Å². The number of hydrogen-bond donors (Lipinski definition) is 1. The summed E-state index contributed by atoms with van der Waals surface area (Å²) in [6.45, 7) is 8.27. The Kier molecular flexibility index (Phi) is 12.5. The van der Waals surface area contributed by atoms with Crippen LogP contribution in [0.4, 0.5) is 0 Å². The molecule has 0 unspecified atom stereocenters. The molecule has 2 nitrogen and oxygen atoms in total. The lowest BCUT2D eigenvalue weighted by Gasteiger charge is -2.06. The second-order valence-corrected chi connectivity index (χ2v) is 6.28. The molecule has 1 aromatic rings. The van der Waals surface area contributed by atoms with Crippen molar-refractivity contribution in [2.45, 2.75) is 58.8 Å². The van der Waals surface area contributed by atoms with Gasteiger partial charge in [-0.2, -0.15) is 0 Å². The lowest BCUT2D eigenvalue weighted by molar-refractivity contribution is 0.126. The molecule has 2 heteroatoms. The monoisotopic (exact) mass is 317 g/mol. The van der Waals surface area contributed by atoms with Crippen molar-refractivity contribution in [2.75, 3.05) is 26.3 Å². The van der Waals surface area contributed by atoms with Crippen molar-refractivity contribution >= 4 is 0 Å². The van der Waals surface area contributed by atoms with Crippen LogP contribution in [0.2, 0.25) is 0 Å². The van der Waals surface area contributed by atoms with Gasteiger partial charge in [-0.3, -0.25) is 0 Å². The third kappa shape index (κ3) is 12.0. The quantitative estimate of drug-likeness (QED) is 0.379. The van der Waals surface area contributed by atoms with E-state index in [0.29, 0.717) is 0 Å². The lowest BCUT2D eigenvalue weighted by atomic mass is 10.1. The minimum Gasteiger partial charge on any atom is -0.381 e. The Bertz CT molecular complexity index is 400. The van der Waals surface area contributed by atoms with Gasteiger partial charge in [-0.25, -0.2) is 0 Å². The van der Waals surface area contributed by atoms with Gasteiger partial charge in [0.1, 0.15) is 0 Å². The van der Waals surface area contributed by atoms with Gasteiger partial charge in [-0.05, 0) is 58.1 Å². The smallest absolute Gasteiger partial charge is 0.0466 e. The van der Waals surface area contributed by atoms with Crippen LogP contribution in [0, 0.1) is 0 Å². The van der Waals surface area contributed by atoms with E-state index in [0.717, 1.165) is 26.3 Å². The first kappa shape index (κ1) is 19.9. The second-order valence-electron chi connectivity index (χ2n) is 6.28. The summed E-state index contributed by atoms with van der Waals surface area (Å²) < 4.78 is 5.72. The zero-order valence-electron chi connectivity index (χ0n) is 15.2. The molecule has 0 saturated heterocycles. The van der Waals surface area contributed by atoms with Crippen LogP contribution in [-0.2, 0) is 11.2 Å². The maximum absolute atomic E-state index is 5.72. The van der Waals surface area contributed by atoms with E-state index < -0.39 is 0 Å². The van der Waals surface area contributed by atoms with Crippen molar-refractivity contribution < 1.29 is 4.74 Å². The van der Waals surface area contributed by atoms with Crippen LogP contribution < -0.4 is 5.32 Å². The molecule has 0 aliphatic carbocycles. The maximum atomic E-state index is 5.72. The molecule has 0 fully saturated rings. The lowest BCUT2D eigenvalue weighted by Crippen LogP contribution is -2.17. The van der Waals surface area contributed by atoms with Gasteiger partial charge < -0.3 is 10.1 Å². The Hall–Kier alpha value is -1.12. The SMILES string of the molecule is CC=C(C)CNCCCCCCOCCCCc1ccccc1. The van der Waals surface area contributed by atoms with E-state index in [1.807, 2.05) is 0 Å². The zero-order chi connectivity index (χ0) is 16.6. The molecule has 0 spiro atoms. The number of unbranched alkanes of at least 4 members (excludes halogenated alkanes) is 4. The third-order valence-electron chi connectivity index (χ3n) is 4.14. The van der Waals surface area contributed by atoms with Gasteiger partial charge in [-0.15, -0.1) is 0 Å². The molecule has 0 atom stereocenters. The summed E-state index contributed by atoms with van der Waals surface area (Å²) in [6, 6.07) is 10.7. The minimum atomic E-state index is 0.914. The highest BCUT2D eigenvalue weighted by Crippen LogP contribution is 2.05. The van der Waals surface area contributed by atoms with Crippen LogP contribution in [0.25, 0.3) is 0 Å². The molecule has 0 radical (unpaired) electrons. The van der Waals surface area contributed by atoms with Crippen LogP contribution >= 0.6 is 0 Å². The molecular formula is C21H35NO. The standard InChI is InChI=1S/C21H35NO/c1-3-20(2)19-22-16-10-4-5-11-17-23-18-12-9-15-21-13-7-6-8-14-21/h3,6-8,13-14,22H,4-5,9-12,15-19H2,1-2H3. The van der Waals surface area contributed by atoms with Gasteiger partial charge in [0.05, 0.1) is 0 Å². The molecule has 0 aliphatic heterocycles. The summed E-state index contributed by atoms with van der Waals surface area (Å²) in [6.07, 6.45) is 10.8. The molecule has 23 heavy (non-hydrogen) atoms. The first-order valence-electron chi connectivity index (χ1n) is 9.27. The van der Waals surface area contributed by atoms with Crippen molar-refractivity contribution in [3.05, 3.63) is 47.5 Å². The van der Waals surface area contributed by atoms with E-state index in [1.165, 1.54) is 56.1 Å². The van der Waals surface area contributed by atoms with Crippen LogP contribution in [0.15, 0.2) is 42.0 Å². The summed E-state index contributed by atoms with van der Waals surface area (Å²) in [4.78, 5) is 0. The average Bonchev–Trinajstić information content (AvgIpc) is 2.59. The van der Waals surface area contributed by atoms with Gasteiger partial charge in [0, 0.05) is 19.8 Å². The molecule has 0 aromatic heterocycles.